The molecular formula is C17H28FN. The van der Waals surface area contributed by atoms with E-state index in [1.54, 1.807) is 12.1 Å². The Morgan fingerprint density at radius 1 is 1.05 bits per heavy atom. The summed E-state index contributed by atoms with van der Waals surface area (Å²) >= 11 is 0. The first-order valence-corrected chi connectivity index (χ1v) is 7.71. The number of unbranched alkanes of at least 4 members (excludes halogenated alkanes) is 3. The van der Waals surface area contributed by atoms with Gasteiger partial charge in [-0.3, -0.25) is 0 Å². The smallest absolute Gasteiger partial charge is 0.123 e. The zero-order chi connectivity index (χ0) is 13.9. The van der Waals surface area contributed by atoms with Crippen molar-refractivity contribution in [1.29, 1.82) is 0 Å². The van der Waals surface area contributed by atoms with E-state index in [1.165, 1.54) is 37.7 Å². The van der Waals surface area contributed by atoms with Gasteiger partial charge in [0.15, 0.2) is 0 Å². The number of halogens is 1. The van der Waals surface area contributed by atoms with Crippen LogP contribution in [0.5, 0.6) is 0 Å². The van der Waals surface area contributed by atoms with Gasteiger partial charge in [0.05, 0.1) is 0 Å². The zero-order valence-corrected chi connectivity index (χ0v) is 12.4. The quantitative estimate of drug-likeness (QED) is 0.611. The molecule has 1 atom stereocenters. The lowest BCUT2D eigenvalue weighted by Gasteiger charge is -2.17. The summed E-state index contributed by atoms with van der Waals surface area (Å²) in [6.45, 7) is 6.48. The van der Waals surface area contributed by atoms with Crippen molar-refractivity contribution in [2.45, 2.75) is 52.4 Å². The predicted octanol–water partition coefficient (Wildman–Crippen LogP) is 4.56. The van der Waals surface area contributed by atoms with E-state index in [2.05, 4.69) is 19.2 Å². The summed E-state index contributed by atoms with van der Waals surface area (Å²) in [4.78, 5) is 0. The molecule has 0 aliphatic carbocycles. The molecule has 1 N–H and O–H groups in total. The molecule has 0 aliphatic heterocycles. The van der Waals surface area contributed by atoms with Crippen LogP contribution in [0.3, 0.4) is 0 Å². The molecule has 1 aromatic carbocycles. The predicted molar refractivity (Wildman–Crippen MR) is 80.9 cm³/mol. The highest BCUT2D eigenvalue weighted by atomic mass is 19.1. The van der Waals surface area contributed by atoms with E-state index in [9.17, 15) is 4.39 Å². The number of hydrogen-bond acceptors (Lipinski definition) is 1. The van der Waals surface area contributed by atoms with Crippen LogP contribution in [0.15, 0.2) is 24.3 Å². The fourth-order valence-electron chi connectivity index (χ4n) is 2.44. The van der Waals surface area contributed by atoms with Crippen LogP contribution in [-0.2, 0) is 6.42 Å². The lowest BCUT2D eigenvalue weighted by atomic mass is 9.93. The summed E-state index contributed by atoms with van der Waals surface area (Å²) in [6, 6.07) is 6.97. The van der Waals surface area contributed by atoms with Gasteiger partial charge in [-0.25, -0.2) is 4.39 Å². The minimum absolute atomic E-state index is 0.144. The fourth-order valence-corrected chi connectivity index (χ4v) is 2.44. The molecule has 1 rings (SSSR count). The molecule has 1 aromatic rings. The van der Waals surface area contributed by atoms with Crippen LogP contribution in [0.25, 0.3) is 0 Å². The third-order valence-electron chi connectivity index (χ3n) is 3.59. The van der Waals surface area contributed by atoms with Crippen LogP contribution >= 0.6 is 0 Å². The zero-order valence-electron chi connectivity index (χ0n) is 12.4. The molecule has 1 unspecified atom stereocenters. The molecule has 0 heterocycles. The normalized spacial score (nSPS) is 12.6. The molecule has 0 saturated heterocycles. The van der Waals surface area contributed by atoms with Crippen LogP contribution in [-0.4, -0.2) is 13.1 Å². The van der Waals surface area contributed by atoms with Gasteiger partial charge in [0.25, 0.3) is 0 Å². The average molecular weight is 265 g/mol. The molecule has 108 valence electrons. The maximum atomic E-state index is 12.9. The van der Waals surface area contributed by atoms with Crippen molar-refractivity contribution in [3.8, 4) is 0 Å². The highest BCUT2D eigenvalue weighted by molar-refractivity contribution is 5.16. The van der Waals surface area contributed by atoms with Gasteiger partial charge in [-0.1, -0.05) is 51.7 Å². The Kier molecular flexibility index (Phi) is 8.48. The van der Waals surface area contributed by atoms with E-state index in [0.29, 0.717) is 5.92 Å². The number of nitrogens with one attached hydrogen (secondary N) is 1. The number of rotatable bonds is 10. The fraction of sp³-hybridized carbons (Fsp3) is 0.647. The highest BCUT2D eigenvalue weighted by Crippen LogP contribution is 2.16. The second-order valence-electron chi connectivity index (χ2n) is 5.35. The minimum Gasteiger partial charge on any atom is -0.317 e. The maximum Gasteiger partial charge on any atom is 0.123 e. The number of hydrogen-bond donors (Lipinski definition) is 1. The highest BCUT2D eigenvalue weighted by Gasteiger charge is 2.09. The molecule has 0 aliphatic rings. The van der Waals surface area contributed by atoms with Gasteiger partial charge in [0.2, 0.25) is 0 Å². The molecule has 0 bridgehead atoms. The summed E-state index contributed by atoms with van der Waals surface area (Å²) in [5.74, 6) is 0.525. The summed E-state index contributed by atoms with van der Waals surface area (Å²) in [5.41, 5.74) is 1.25. The summed E-state index contributed by atoms with van der Waals surface area (Å²) < 4.78 is 12.9. The molecule has 0 saturated carbocycles. The van der Waals surface area contributed by atoms with Gasteiger partial charge in [-0.05, 0) is 49.5 Å². The molecule has 0 amide bonds. The van der Waals surface area contributed by atoms with E-state index in [0.717, 1.165) is 19.5 Å². The van der Waals surface area contributed by atoms with Crippen LogP contribution < -0.4 is 5.32 Å². The molecule has 19 heavy (non-hydrogen) atoms. The van der Waals surface area contributed by atoms with Crippen molar-refractivity contribution >= 4 is 0 Å². The van der Waals surface area contributed by atoms with Crippen molar-refractivity contribution in [2.24, 2.45) is 5.92 Å². The Bertz CT molecular complexity index is 321. The largest absolute Gasteiger partial charge is 0.317 e. The Balaban J connectivity index is 2.41. The van der Waals surface area contributed by atoms with Gasteiger partial charge in [-0.2, -0.15) is 0 Å². The first kappa shape index (κ1) is 16.2. The Labute approximate surface area is 117 Å². The van der Waals surface area contributed by atoms with Gasteiger partial charge in [0.1, 0.15) is 5.82 Å². The lowest BCUT2D eigenvalue weighted by Crippen LogP contribution is -2.24. The second-order valence-corrected chi connectivity index (χ2v) is 5.35. The summed E-state index contributed by atoms with van der Waals surface area (Å²) in [5, 5.41) is 3.45. The molecule has 1 nitrogen and oxygen atoms in total. The molecule has 0 fully saturated rings. The summed E-state index contributed by atoms with van der Waals surface area (Å²) in [6.07, 6.45) is 7.59. The Hall–Kier alpha value is -0.890. The first-order chi connectivity index (χ1) is 9.26. The van der Waals surface area contributed by atoms with Gasteiger partial charge >= 0.3 is 0 Å². The Morgan fingerprint density at radius 2 is 1.79 bits per heavy atom. The van der Waals surface area contributed by atoms with E-state index >= 15 is 0 Å². The SMILES string of the molecule is CCCCCCC(CNCC)Cc1ccc(F)cc1. The van der Waals surface area contributed by atoms with Crippen LogP contribution in [0.2, 0.25) is 0 Å². The summed E-state index contributed by atoms with van der Waals surface area (Å²) in [7, 11) is 0. The van der Waals surface area contributed by atoms with Crippen LogP contribution in [0, 0.1) is 11.7 Å². The molecule has 0 aromatic heterocycles. The van der Waals surface area contributed by atoms with Crippen molar-refractivity contribution in [2.75, 3.05) is 13.1 Å². The van der Waals surface area contributed by atoms with Gasteiger partial charge < -0.3 is 5.32 Å². The van der Waals surface area contributed by atoms with E-state index in [4.69, 9.17) is 0 Å². The average Bonchev–Trinajstić information content (AvgIpc) is 2.43. The van der Waals surface area contributed by atoms with Crippen molar-refractivity contribution < 1.29 is 4.39 Å². The third-order valence-corrected chi connectivity index (χ3v) is 3.59. The number of benzene rings is 1. The van der Waals surface area contributed by atoms with Crippen molar-refractivity contribution in [3.63, 3.8) is 0 Å². The first-order valence-electron chi connectivity index (χ1n) is 7.71. The minimum atomic E-state index is -0.144. The van der Waals surface area contributed by atoms with E-state index < -0.39 is 0 Å². The van der Waals surface area contributed by atoms with Gasteiger partial charge in [0, 0.05) is 0 Å². The van der Waals surface area contributed by atoms with Crippen molar-refractivity contribution in [3.05, 3.63) is 35.6 Å². The Morgan fingerprint density at radius 3 is 2.42 bits per heavy atom. The lowest BCUT2D eigenvalue weighted by molar-refractivity contribution is 0.426. The second kappa shape index (κ2) is 9.96. The van der Waals surface area contributed by atoms with Gasteiger partial charge in [-0.15, -0.1) is 0 Å². The molecule has 0 spiro atoms. The third kappa shape index (κ3) is 7.31. The van der Waals surface area contributed by atoms with Crippen LogP contribution in [0.1, 0.15) is 51.5 Å². The monoisotopic (exact) mass is 265 g/mol. The standard InChI is InChI=1S/C17H28FN/c1-3-5-6-7-8-16(14-19-4-2)13-15-9-11-17(18)12-10-15/h9-12,16,19H,3-8,13-14H2,1-2H3. The molecule has 2 heteroatoms. The molecular weight excluding hydrogens is 237 g/mol. The maximum absolute atomic E-state index is 12.9. The molecule has 0 radical (unpaired) electrons. The van der Waals surface area contributed by atoms with E-state index in [-0.39, 0.29) is 5.82 Å². The van der Waals surface area contributed by atoms with E-state index in [1.807, 2.05) is 12.1 Å². The topological polar surface area (TPSA) is 12.0 Å². The van der Waals surface area contributed by atoms with Crippen molar-refractivity contribution in [1.82, 2.24) is 5.32 Å². The van der Waals surface area contributed by atoms with Crippen LogP contribution in [0.4, 0.5) is 4.39 Å².